The number of carbonyl (C=O) groups is 2. The number of hydrogen-bond donors (Lipinski definition) is 1. The van der Waals surface area contributed by atoms with Gasteiger partial charge in [-0.2, -0.15) is 0 Å². The van der Waals surface area contributed by atoms with Crippen LogP contribution in [0.25, 0.3) is 0 Å². The van der Waals surface area contributed by atoms with Gasteiger partial charge in [0.1, 0.15) is 11.9 Å². The van der Waals surface area contributed by atoms with E-state index < -0.39 is 0 Å². The summed E-state index contributed by atoms with van der Waals surface area (Å²) < 4.78 is 5.91. The van der Waals surface area contributed by atoms with E-state index in [1.807, 2.05) is 60.0 Å². The smallest absolute Gasteiger partial charge is 0.324 e. The second-order valence-corrected chi connectivity index (χ2v) is 8.58. The van der Waals surface area contributed by atoms with Gasteiger partial charge in [0.2, 0.25) is 5.91 Å². The second kappa shape index (κ2) is 9.41. The molecule has 3 amide bonds. The van der Waals surface area contributed by atoms with Gasteiger partial charge >= 0.3 is 6.03 Å². The largest absolute Gasteiger partial charge is 0.487 e. The molecule has 0 bridgehead atoms. The van der Waals surface area contributed by atoms with Crippen LogP contribution in [0.15, 0.2) is 48.5 Å². The molecule has 0 unspecified atom stereocenters. The molecule has 1 fully saturated rings. The topological polar surface area (TPSA) is 61.9 Å². The summed E-state index contributed by atoms with van der Waals surface area (Å²) in [5.74, 6) is 0.826. The summed E-state index contributed by atoms with van der Waals surface area (Å²) in [7, 11) is 0. The van der Waals surface area contributed by atoms with E-state index in [9.17, 15) is 9.59 Å². The van der Waals surface area contributed by atoms with Gasteiger partial charge in [-0.1, -0.05) is 36.4 Å². The Bertz CT molecular complexity index is 923. The zero-order valence-corrected chi connectivity index (χ0v) is 18.3. The third-order valence-corrected chi connectivity index (χ3v) is 6.10. The summed E-state index contributed by atoms with van der Waals surface area (Å²) in [4.78, 5) is 29.5. The minimum Gasteiger partial charge on any atom is -0.487 e. The van der Waals surface area contributed by atoms with Crippen molar-refractivity contribution in [1.29, 1.82) is 0 Å². The average Bonchev–Trinajstić information content (AvgIpc) is 2.79. The number of nitrogens with one attached hydrogen (secondary N) is 1. The molecule has 0 aliphatic carbocycles. The van der Waals surface area contributed by atoms with Gasteiger partial charge in [0.25, 0.3) is 0 Å². The van der Waals surface area contributed by atoms with E-state index in [0.717, 1.165) is 23.4 Å². The Morgan fingerprint density at radius 2 is 1.84 bits per heavy atom. The molecule has 2 aromatic carbocycles. The Labute approximate surface area is 184 Å². The van der Waals surface area contributed by atoms with Crippen LogP contribution in [0.3, 0.4) is 0 Å². The van der Waals surface area contributed by atoms with Crippen LogP contribution in [0.1, 0.15) is 30.9 Å². The minimum absolute atomic E-state index is 0.00457. The molecule has 2 aromatic rings. The second-order valence-electron chi connectivity index (χ2n) is 8.58. The fourth-order valence-electron chi connectivity index (χ4n) is 4.35. The summed E-state index contributed by atoms with van der Waals surface area (Å²) in [5, 5.41) is 3.06. The predicted molar refractivity (Wildman–Crippen MR) is 121 cm³/mol. The molecule has 164 valence electrons. The Hall–Kier alpha value is -3.02. The van der Waals surface area contributed by atoms with Gasteiger partial charge in [-0.25, -0.2) is 4.79 Å². The van der Waals surface area contributed by atoms with E-state index in [1.165, 1.54) is 5.56 Å². The van der Waals surface area contributed by atoms with E-state index in [-0.39, 0.29) is 24.0 Å². The number of piperidine rings is 1. The van der Waals surface area contributed by atoms with Crippen LogP contribution in [-0.4, -0.2) is 49.1 Å². The lowest BCUT2D eigenvalue weighted by molar-refractivity contribution is -0.126. The summed E-state index contributed by atoms with van der Waals surface area (Å²) >= 11 is 0. The molecular formula is C25H31N3O3. The number of anilines is 1. The predicted octanol–water partition coefficient (Wildman–Crippen LogP) is 3.77. The van der Waals surface area contributed by atoms with Gasteiger partial charge in [-0.3, -0.25) is 9.69 Å². The molecule has 2 aliphatic heterocycles. The molecule has 4 rings (SSSR count). The van der Waals surface area contributed by atoms with Gasteiger partial charge in [0.15, 0.2) is 0 Å². The highest BCUT2D eigenvalue weighted by atomic mass is 16.5. The maximum atomic E-state index is 13.3. The lowest BCUT2D eigenvalue weighted by Gasteiger charge is -2.39. The average molecular weight is 422 g/mol. The van der Waals surface area contributed by atoms with Gasteiger partial charge < -0.3 is 15.0 Å². The fourth-order valence-corrected chi connectivity index (χ4v) is 4.35. The van der Waals surface area contributed by atoms with Crippen LogP contribution < -0.4 is 15.0 Å². The van der Waals surface area contributed by atoms with Crippen molar-refractivity contribution in [3.8, 4) is 5.75 Å². The Balaban J connectivity index is 1.30. The van der Waals surface area contributed by atoms with E-state index in [2.05, 4.69) is 17.4 Å². The van der Waals surface area contributed by atoms with Crippen LogP contribution in [-0.2, 0) is 11.2 Å². The molecule has 2 heterocycles. The van der Waals surface area contributed by atoms with Crippen molar-refractivity contribution in [2.45, 2.75) is 39.2 Å². The summed E-state index contributed by atoms with van der Waals surface area (Å²) in [6.45, 7) is 6.38. The van der Waals surface area contributed by atoms with Gasteiger partial charge in [-0.05, 0) is 56.4 Å². The molecule has 0 spiro atoms. The standard InChI is InChI=1S/C25H31N3O3/c1-18-8-9-23-22(16-18)28(17-19(2)31-23)25(30)27-14-11-21(12-15-27)24(29)26-13-10-20-6-4-3-5-7-20/h3-9,16,19,21H,10-15,17H2,1-2H3,(H,26,29)/t19-/m1/s1. The van der Waals surface area contributed by atoms with Crippen molar-refractivity contribution in [2.75, 3.05) is 31.1 Å². The number of aryl methyl sites for hydroxylation is 1. The molecule has 0 saturated carbocycles. The molecule has 2 aliphatic rings. The summed E-state index contributed by atoms with van der Waals surface area (Å²) in [6, 6.07) is 16.1. The number of urea groups is 1. The monoisotopic (exact) mass is 421 g/mol. The minimum atomic E-state index is -0.0490. The number of amides is 3. The van der Waals surface area contributed by atoms with E-state index >= 15 is 0 Å². The van der Waals surface area contributed by atoms with Crippen LogP contribution >= 0.6 is 0 Å². The van der Waals surface area contributed by atoms with Gasteiger partial charge in [0, 0.05) is 25.6 Å². The summed E-state index contributed by atoms with van der Waals surface area (Å²) in [5.41, 5.74) is 3.16. The third kappa shape index (κ3) is 5.01. The zero-order chi connectivity index (χ0) is 21.8. The molecule has 6 heteroatoms. The first-order chi connectivity index (χ1) is 15.0. The van der Waals surface area contributed by atoms with Crippen LogP contribution in [0.4, 0.5) is 10.5 Å². The normalized spacial score (nSPS) is 18.8. The first kappa shape index (κ1) is 21.2. The number of benzene rings is 2. The van der Waals surface area contributed by atoms with Gasteiger partial charge in [0.05, 0.1) is 12.2 Å². The number of rotatable bonds is 4. The molecule has 6 nitrogen and oxygen atoms in total. The third-order valence-electron chi connectivity index (χ3n) is 6.10. The van der Waals surface area contributed by atoms with Crippen LogP contribution in [0.5, 0.6) is 5.75 Å². The molecule has 1 N–H and O–H groups in total. The molecular weight excluding hydrogens is 390 g/mol. The first-order valence-electron chi connectivity index (χ1n) is 11.2. The number of hydrogen-bond acceptors (Lipinski definition) is 3. The van der Waals surface area contributed by atoms with Gasteiger partial charge in [-0.15, -0.1) is 0 Å². The molecule has 1 atom stereocenters. The Morgan fingerprint density at radius 1 is 1.10 bits per heavy atom. The molecule has 31 heavy (non-hydrogen) atoms. The summed E-state index contributed by atoms with van der Waals surface area (Å²) in [6.07, 6.45) is 2.18. The van der Waals surface area contributed by atoms with E-state index in [0.29, 0.717) is 39.0 Å². The number of likely N-dealkylation sites (tertiary alicyclic amines) is 1. The number of nitrogens with zero attached hydrogens (tertiary/aromatic N) is 2. The van der Waals surface area contributed by atoms with Crippen molar-refractivity contribution in [3.05, 3.63) is 59.7 Å². The SMILES string of the molecule is Cc1ccc2c(c1)N(C(=O)N1CCC(C(=O)NCCc3ccccc3)CC1)C[C@@H](C)O2. The van der Waals surface area contributed by atoms with Crippen molar-refractivity contribution >= 4 is 17.6 Å². The fraction of sp³-hybridized carbons (Fsp3) is 0.440. The van der Waals surface area contributed by atoms with Crippen LogP contribution in [0, 0.1) is 12.8 Å². The first-order valence-corrected chi connectivity index (χ1v) is 11.2. The molecule has 0 aromatic heterocycles. The van der Waals surface area contributed by atoms with Crippen molar-refractivity contribution in [3.63, 3.8) is 0 Å². The maximum Gasteiger partial charge on any atom is 0.324 e. The highest BCUT2D eigenvalue weighted by Crippen LogP contribution is 2.35. The molecule has 1 saturated heterocycles. The zero-order valence-electron chi connectivity index (χ0n) is 18.3. The van der Waals surface area contributed by atoms with Crippen molar-refractivity contribution < 1.29 is 14.3 Å². The quantitative estimate of drug-likeness (QED) is 0.817. The Morgan fingerprint density at radius 3 is 2.58 bits per heavy atom. The molecule has 0 radical (unpaired) electrons. The highest BCUT2D eigenvalue weighted by Gasteiger charge is 2.33. The van der Waals surface area contributed by atoms with E-state index in [4.69, 9.17) is 4.74 Å². The lowest BCUT2D eigenvalue weighted by atomic mass is 9.96. The lowest BCUT2D eigenvalue weighted by Crippen LogP contribution is -2.52. The Kier molecular flexibility index (Phi) is 6.44. The maximum absolute atomic E-state index is 13.3. The van der Waals surface area contributed by atoms with E-state index in [1.54, 1.807) is 0 Å². The van der Waals surface area contributed by atoms with Crippen molar-refractivity contribution in [1.82, 2.24) is 10.2 Å². The number of fused-ring (bicyclic) bond motifs is 1. The highest BCUT2D eigenvalue weighted by molar-refractivity contribution is 5.94. The number of ether oxygens (including phenoxy) is 1. The van der Waals surface area contributed by atoms with Crippen LogP contribution in [0.2, 0.25) is 0 Å². The number of carbonyl (C=O) groups excluding carboxylic acids is 2. The van der Waals surface area contributed by atoms with Crippen molar-refractivity contribution in [2.24, 2.45) is 5.92 Å².